The molecular formula is C15H22N4O. The minimum absolute atomic E-state index is 0.301. The van der Waals surface area contributed by atoms with Gasteiger partial charge < -0.3 is 10.1 Å². The third kappa shape index (κ3) is 3.17. The summed E-state index contributed by atoms with van der Waals surface area (Å²) in [5, 5.41) is 7.46. The van der Waals surface area contributed by atoms with Crippen molar-refractivity contribution < 1.29 is 4.74 Å². The van der Waals surface area contributed by atoms with Gasteiger partial charge in [0.1, 0.15) is 18.7 Å². The van der Waals surface area contributed by atoms with Gasteiger partial charge in [0, 0.05) is 18.2 Å². The van der Waals surface area contributed by atoms with Gasteiger partial charge >= 0.3 is 0 Å². The molecule has 1 N–H and O–H groups in total. The summed E-state index contributed by atoms with van der Waals surface area (Å²) in [6, 6.07) is 8.44. The lowest BCUT2D eigenvalue weighted by Crippen LogP contribution is -2.16. The Morgan fingerprint density at radius 3 is 2.80 bits per heavy atom. The van der Waals surface area contributed by atoms with Crippen molar-refractivity contribution in [2.24, 2.45) is 0 Å². The molecule has 0 bridgehead atoms. The molecule has 0 amide bonds. The summed E-state index contributed by atoms with van der Waals surface area (Å²) in [5.41, 5.74) is 1.18. The Morgan fingerprint density at radius 1 is 1.30 bits per heavy atom. The summed E-state index contributed by atoms with van der Waals surface area (Å²) >= 11 is 0. The molecule has 0 aliphatic rings. The van der Waals surface area contributed by atoms with E-state index < -0.39 is 0 Å². The molecular weight excluding hydrogens is 252 g/mol. The maximum Gasteiger partial charge on any atom is 0.164 e. The topological polar surface area (TPSA) is 52.0 Å². The van der Waals surface area contributed by atoms with Crippen LogP contribution in [-0.4, -0.2) is 21.8 Å². The van der Waals surface area contributed by atoms with Crippen molar-refractivity contribution in [3.8, 4) is 5.75 Å². The summed E-state index contributed by atoms with van der Waals surface area (Å²) in [4.78, 5) is 4.23. The molecule has 0 radical (unpaired) electrons. The van der Waals surface area contributed by atoms with Crippen molar-refractivity contribution in [3.05, 3.63) is 42.0 Å². The zero-order valence-corrected chi connectivity index (χ0v) is 12.3. The van der Waals surface area contributed by atoms with Crippen molar-refractivity contribution in [1.29, 1.82) is 0 Å². The van der Waals surface area contributed by atoms with Crippen LogP contribution in [0.3, 0.4) is 0 Å². The van der Waals surface area contributed by atoms with Gasteiger partial charge in [0.05, 0.1) is 0 Å². The van der Waals surface area contributed by atoms with E-state index in [1.807, 2.05) is 36.9 Å². The lowest BCUT2D eigenvalue weighted by atomic mass is 10.0. The van der Waals surface area contributed by atoms with Crippen molar-refractivity contribution in [2.75, 3.05) is 7.05 Å². The fraction of sp³-hybridized carbons (Fsp3) is 0.467. The number of para-hydroxylation sites is 1. The van der Waals surface area contributed by atoms with Gasteiger partial charge in [0.2, 0.25) is 0 Å². The van der Waals surface area contributed by atoms with Crippen LogP contribution in [0.4, 0.5) is 0 Å². The molecule has 20 heavy (non-hydrogen) atoms. The molecule has 108 valence electrons. The SMILES string of the molecule is CCC(NC)c1ccccc1OCc1ncnn1CC. The zero-order valence-electron chi connectivity index (χ0n) is 12.3. The number of aromatic nitrogens is 3. The number of ether oxygens (including phenoxy) is 1. The van der Waals surface area contributed by atoms with Gasteiger partial charge in [-0.2, -0.15) is 5.10 Å². The molecule has 2 aromatic rings. The second kappa shape index (κ2) is 7.05. The van der Waals surface area contributed by atoms with Crippen LogP contribution in [0.5, 0.6) is 5.75 Å². The van der Waals surface area contributed by atoms with E-state index in [0.717, 1.165) is 24.5 Å². The first-order chi connectivity index (χ1) is 9.80. The van der Waals surface area contributed by atoms with Gasteiger partial charge in [0.25, 0.3) is 0 Å². The normalized spacial score (nSPS) is 12.3. The van der Waals surface area contributed by atoms with Crippen LogP contribution in [-0.2, 0) is 13.2 Å². The number of aryl methyl sites for hydroxylation is 1. The molecule has 0 spiro atoms. The lowest BCUT2D eigenvalue weighted by Gasteiger charge is -2.18. The lowest BCUT2D eigenvalue weighted by molar-refractivity contribution is 0.281. The molecule has 1 unspecified atom stereocenters. The molecule has 5 heteroatoms. The number of hydrogen-bond acceptors (Lipinski definition) is 4. The number of rotatable bonds is 7. The molecule has 1 heterocycles. The number of benzene rings is 1. The Labute approximate surface area is 120 Å². The fourth-order valence-corrected chi connectivity index (χ4v) is 2.29. The van der Waals surface area contributed by atoms with E-state index in [1.165, 1.54) is 5.56 Å². The summed E-state index contributed by atoms with van der Waals surface area (Å²) in [7, 11) is 1.97. The monoisotopic (exact) mass is 274 g/mol. The van der Waals surface area contributed by atoms with E-state index in [1.54, 1.807) is 6.33 Å². The highest BCUT2D eigenvalue weighted by atomic mass is 16.5. The first kappa shape index (κ1) is 14.5. The van der Waals surface area contributed by atoms with E-state index in [9.17, 15) is 0 Å². The van der Waals surface area contributed by atoms with Crippen LogP contribution in [0, 0.1) is 0 Å². The maximum absolute atomic E-state index is 5.95. The molecule has 1 atom stereocenters. The zero-order chi connectivity index (χ0) is 14.4. The van der Waals surface area contributed by atoms with E-state index in [2.05, 4.69) is 28.4 Å². The number of nitrogens with one attached hydrogen (secondary N) is 1. The predicted octanol–water partition coefficient (Wildman–Crippen LogP) is 2.55. The van der Waals surface area contributed by atoms with Crippen LogP contribution in [0.25, 0.3) is 0 Å². The second-order valence-electron chi connectivity index (χ2n) is 4.57. The van der Waals surface area contributed by atoms with Crippen LogP contribution < -0.4 is 10.1 Å². The van der Waals surface area contributed by atoms with Gasteiger partial charge in [-0.1, -0.05) is 25.1 Å². The average Bonchev–Trinajstić information content (AvgIpc) is 2.95. The van der Waals surface area contributed by atoms with Crippen LogP contribution in [0.2, 0.25) is 0 Å². The number of hydrogen-bond donors (Lipinski definition) is 1. The minimum Gasteiger partial charge on any atom is -0.485 e. The van der Waals surface area contributed by atoms with Crippen molar-refractivity contribution in [1.82, 2.24) is 20.1 Å². The Kier molecular flexibility index (Phi) is 5.12. The molecule has 0 aliphatic carbocycles. The smallest absolute Gasteiger partial charge is 0.164 e. The quantitative estimate of drug-likeness (QED) is 0.843. The predicted molar refractivity (Wildman–Crippen MR) is 78.6 cm³/mol. The van der Waals surface area contributed by atoms with E-state index in [0.29, 0.717) is 12.6 Å². The highest BCUT2D eigenvalue weighted by Crippen LogP contribution is 2.27. The van der Waals surface area contributed by atoms with Gasteiger partial charge in [-0.05, 0) is 26.5 Å². The third-order valence-electron chi connectivity index (χ3n) is 3.40. The third-order valence-corrected chi connectivity index (χ3v) is 3.40. The maximum atomic E-state index is 5.95. The van der Waals surface area contributed by atoms with E-state index in [-0.39, 0.29) is 0 Å². The molecule has 1 aromatic carbocycles. The van der Waals surface area contributed by atoms with E-state index in [4.69, 9.17) is 4.74 Å². The second-order valence-corrected chi connectivity index (χ2v) is 4.57. The fourth-order valence-electron chi connectivity index (χ4n) is 2.29. The molecule has 0 fully saturated rings. The highest BCUT2D eigenvalue weighted by Gasteiger charge is 2.13. The van der Waals surface area contributed by atoms with Crippen LogP contribution in [0.15, 0.2) is 30.6 Å². The van der Waals surface area contributed by atoms with Crippen LogP contribution >= 0.6 is 0 Å². The summed E-state index contributed by atoms with van der Waals surface area (Å²) < 4.78 is 7.79. The Bertz CT molecular complexity index is 534. The molecule has 0 saturated heterocycles. The first-order valence-electron chi connectivity index (χ1n) is 7.05. The number of nitrogens with zero attached hydrogens (tertiary/aromatic N) is 3. The van der Waals surface area contributed by atoms with Crippen LogP contribution in [0.1, 0.15) is 37.7 Å². The first-order valence-corrected chi connectivity index (χ1v) is 7.05. The molecule has 0 saturated carbocycles. The van der Waals surface area contributed by atoms with Crippen molar-refractivity contribution >= 4 is 0 Å². The Balaban J connectivity index is 2.13. The largest absolute Gasteiger partial charge is 0.485 e. The molecule has 5 nitrogen and oxygen atoms in total. The Morgan fingerprint density at radius 2 is 2.10 bits per heavy atom. The Hall–Kier alpha value is -1.88. The van der Waals surface area contributed by atoms with Gasteiger partial charge in [-0.25, -0.2) is 9.67 Å². The minimum atomic E-state index is 0.301. The van der Waals surface area contributed by atoms with Crippen molar-refractivity contribution in [2.45, 2.75) is 39.5 Å². The van der Waals surface area contributed by atoms with Gasteiger partial charge in [0.15, 0.2) is 5.82 Å². The molecule has 2 rings (SSSR count). The summed E-state index contributed by atoms with van der Waals surface area (Å²) in [5.74, 6) is 1.75. The van der Waals surface area contributed by atoms with Gasteiger partial charge in [-0.3, -0.25) is 0 Å². The van der Waals surface area contributed by atoms with E-state index >= 15 is 0 Å². The molecule has 1 aromatic heterocycles. The summed E-state index contributed by atoms with van der Waals surface area (Å²) in [6.45, 7) is 5.44. The average molecular weight is 274 g/mol. The van der Waals surface area contributed by atoms with Gasteiger partial charge in [-0.15, -0.1) is 0 Å². The highest BCUT2D eigenvalue weighted by molar-refractivity contribution is 5.35. The molecule has 0 aliphatic heterocycles. The summed E-state index contributed by atoms with van der Waals surface area (Å²) in [6.07, 6.45) is 2.58. The van der Waals surface area contributed by atoms with Crippen molar-refractivity contribution in [3.63, 3.8) is 0 Å². The standard InChI is InChI=1S/C15H22N4O/c1-4-13(16-3)12-8-6-7-9-14(12)20-10-15-17-11-18-19(15)5-2/h6-9,11,13,16H,4-5,10H2,1-3H3.